The van der Waals surface area contributed by atoms with Gasteiger partial charge in [-0.25, -0.2) is 0 Å². The number of thiocarbonyl (C=S) groups is 1. The van der Waals surface area contributed by atoms with Gasteiger partial charge in [0.05, 0.1) is 0 Å². The van der Waals surface area contributed by atoms with Gasteiger partial charge in [0.1, 0.15) is 5.49 Å². The van der Waals surface area contributed by atoms with Crippen molar-refractivity contribution in [2.24, 2.45) is 0 Å². The third-order valence-electron chi connectivity index (χ3n) is 0.893. The summed E-state index contributed by atoms with van der Waals surface area (Å²) >= 11 is 4.55. The fraction of sp³-hybridized carbons (Fsp3) is 0.800. The van der Waals surface area contributed by atoms with Crippen molar-refractivity contribution in [3.63, 3.8) is 0 Å². The fourth-order valence-electron chi connectivity index (χ4n) is 0.353. The molecule has 0 fully saturated rings. The maximum atomic E-state index is 4.55. The Hall–Kier alpha value is -0.110. The molecule has 0 aliphatic carbocycles. The van der Waals surface area contributed by atoms with Crippen molar-refractivity contribution in [1.29, 1.82) is 0 Å². The molecule has 0 amide bonds. The van der Waals surface area contributed by atoms with Crippen LogP contribution in [0, 0.1) is 0 Å². The first-order chi connectivity index (χ1) is 3.35. The van der Waals surface area contributed by atoms with Crippen LogP contribution in [0.25, 0.3) is 0 Å². The van der Waals surface area contributed by atoms with E-state index in [1.54, 1.807) is 0 Å². The summed E-state index contributed by atoms with van der Waals surface area (Å²) < 4.78 is 0. The molecular weight excluding hydrogens is 106 g/mol. The summed E-state index contributed by atoms with van der Waals surface area (Å²) in [5.41, 5.74) is 2.62. The van der Waals surface area contributed by atoms with Crippen molar-refractivity contribution in [2.75, 3.05) is 13.1 Å². The molecule has 0 N–H and O–H groups in total. The molecule has 1 radical (unpaired) electrons. The minimum absolute atomic E-state index is 0.972. The minimum atomic E-state index is 0.972. The predicted octanol–water partition coefficient (Wildman–Crippen LogP) is 1.16. The first-order valence-corrected chi connectivity index (χ1v) is 2.88. The standard InChI is InChI=1S/C5H10NS/c1-3-6(4-2)5-7/h3-4H2,1-2H3. The van der Waals surface area contributed by atoms with Crippen LogP contribution in [0.4, 0.5) is 0 Å². The highest BCUT2D eigenvalue weighted by Gasteiger charge is 1.86. The third-order valence-corrected chi connectivity index (χ3v) is 1.15. The highest BCUT2D eigenvalue weighted by molar-refractivity contribution is 7.78. The van der Waals surface area contributed by atoms with E-state index in [-0.39, 0.29) is 0 Å². The van der Waals surface area contributed by atoms with Gasteiger partial charge in [0.25, 0.3) is 0 Å². The second-order valence-corrected chi connectivity index (χ2v) is 1.45. The summed E-state index contributed by atoms with van der Waals surface area (Å²) in [4.78, 5) is 1.94. The average Bonchev–Trinajstić information content (AvgIpc) is 1.72. The van der Waals surface area contributed by atoms with E-state index < -0.39 is 0 Å². The van der Waals surface area contributed by atoms with E-state index in [2.05, 4.69) is 31.6 Å². The average molecular weight is 116 g/mol. The highest BCUT2D eigenvalue weighted by Crippen LogP contribution is 1.78. The molecule has 0 aliphatic heterocycles. The van der Waals surface area contributed by atoms with Crippen LogP contribution in [0.1, 0.15) is 13.8 Å². The largest absolute Gasteiger partial charge is 0.361 e. The number of rotatable bonds is 3. The van der Waals surface area contributed by atoms with Crippen molar-refractivity contribution >= 4 is 17.7 Å². The lowest BCUT2D eigenvalue weighted by molar-refractivity contribution is 0.486. The van der Waals surface area contributed by atoms with Crippen LogP contribution in [0.5, 0.6) is 0 Å². The van der Waals surface area contributed by atoms with Gasteiger partial charge in [-0.15, -0.1) is 0 Å². The Morgan fingerprint density at radius 3 is 1.86 bits per heavy atom. The van der Waals surface area contributed by atoms with Crippen LogP contribution in [-0.2, 0) is 0 Å². The van der Waals surface area contributed by atoms with E-state index in [1.165, 1.54) is 0 Å². The number of hydrogen-bond donors (Lipinski definition) is 0. The normalized spacial score (nSPS) is 8.29. The van der Waals surface area contributed by atoms with Crippen molar-refractivity contribution < 1.29 is 0 Å². The molecule has 0 atom stereocenters. The summed E-state index contributed by atoms with van der Waals surface area (Å²) in [5, 5.41) is 0. The molecule has 0 aromatic rings. The zero-order chi connectivity index (χ0) is 5.70. The van der Waals surface area contributed by atoms with Gasteiger partial charge in [-0.1, -0.05) is 12.2 Å². The van der Waals surface area contributed by atoms with Gasteiger partial charge in [0.15, 0.2) is 0 Å². The van der Waals surface area contributed by atoms with Gasteiger partial charge in [-0.2, -0.15) is 0 Å². The van der Waals surface area contributed by atoms with Gasteiger partial charge < -0.3 is 4.90 Å². The molecule has 0 aliphatic rings. The lowest BCUT2D eigenvalue weighted by Crippen LogP contribution is -2.18. The minimum Gasteiger partial charge on any atom is -0.361 e. The Morgan fingerprint density at radius 1 is 1.43 bits per heavy atom. The van der Waals surface area contributed by atoms with E-state index in [0.717, 1.165) is 13.1 Å². The molecule has 2 heteroatoms. The molecule has 0 bridgehead atoms. The number of hydrogen-bond acceptors (Lipinski definition) is 1. The van der Waals surface area contributed by atoms with E-state index in [4.69, 9.17) is 0 Å². The van der Waals surface area contributed by atoms with E-state index in [1.807, 2.05) is 4.90 Å². The van der Waals surface area contributed by atoms with Crippen molar-refractivity contribution in [1.82, 2.24) is 4.90 Å². The summed E-state index contributed by atoms with van der Waals surface area (Å²) in [5.74, 6) is 0. The van der Waals surface area contributed by atoms with Crippen LogP contribution in [-0.4, -0.2) is 23.5 Å². The molecule has 0 spiro atoms. The molecule has 41 valence electrons. The molecule has 0 rings (SSSR count). The zero-order valence-electron chi connectivity index (χ0n) is 4.77. The molecule has 0 saturated carbocycles. The van der Waals surface area contributed by atoms with Crippen LogP contribution in [0.15, 0.2) is 0 Å². The summed E-state index contributed by atoms with van der Waals surface area (Å²) in [6.45, 7) is 6.06. The quantitative estimate of drug-likeness (QED) is 0.402. The molecule has 0 aromatic carbocycles. The van der Waals surface area contributed by atoms with E-state index in [9.17, 15) is 0 Å². The molecule has 0 saturated heterocycles. The number of nitrogens with zero attached hydrogens (tertiary/aromatic N) is 1. The third kappa shape index (κ3) is 2.57. The Labute approximate surface area is 50.3 Å². The van der Waals surface area contributed by atoms with Crippen molar-refractivity contribution in [3.05, 3.63) is 0 Å². The first-order valence-electron chi connectivity index (χ1n) is 2.47. The first kappa shape index (κ1) is 6.89. The molecule has 0 unspecified atom stereocenters. The SMILES string of the molecule is CCN([C]=S)CC. The molecule has 1 nitrogen and oxygen atoms in total. The summed E-state index contributed by atoms with van der Waals surface area (Å²) in [7, 11) is 0. The van der Waals surface area contributed by atoms with Gasteiger partial charge >= 0.3 is 0 Å². The molecule has 7 heavy (non-hydrogen) atoms. The van der Waals surface area contributed by atoms with Crippen LogP contribution in [0.2, 0.25) is 0 Å². The molecule has 0 aromatic heterocycles. The lowest BCUT2D eigenvalue weighted by atomic mass is 10.6. The Balaban J connectivity index is 3.16. The Morgan fingerprint density at radius 2 is 1.86 bits per heavy atom. The zero-order valence-corrected chi connectivity index (χ0v) is 5.59. The van der Waals surface area contributed by atoms with Crippen molar-refractivity contribution in [2.45, 2.75) is 13.8 Å². The van der Waals surface area contributed by atoms with Gasteiger partial charge in [-0.3, -0.25) is 0 Å². The van der Waals surface area contributed by atoms with Crippen molar-refractivity contribution in [3.8, 4) is 0 Å². The summed E-state index contributed by atoms with van der Waals surface area (Å²) in [6.07, 6.45) is 0. The molecule has 0 heterocycles. The molecular formula is C5H10NS. The van der Waals surface area contributed by atoms with Gasteiger partial charge in [-0.05, 0) is 13.8 Å². The summed E-state index contributed by atoms with van der Waals surface area (Å²) in [6, 6.07) is 0. The second kappa shape index (κ2) is 4.06. The maximum Gasteiger partial charge on any atom is 0.136 e. The van der Waals surface area contributed by atoms with Crippen LogP contribution in [0.3, 0.4) is 0 Å². The monoisotopic (exact) mass is 116 g/mol. The van der Waals surface area contributed by atoms with E-state index in [0.29, 0.717) is 0 Å². The van der Waals surface area contributed by atoms with Gasteiger partial charge in [0, 0.05) is 13.1 Å². The maximum absolute atomic E-state index is 4.55. The predicted molar refractivity (Wildman–Crippen MR) is 35.5 cm³/mol. The second-order valence-electron chi connectivity index (χ2n) is 1.26. The van der Waals surface area contributed by atoms with Gasteiger partial charge in [0.2, 0.25) is 0 Å². The lowest BCUT2D eigenvalue weighted by Gasteiger charge is -2.10. The highest BCUT2D eigenvalue weighted by atomic mass is 32.1. The Bertz CT molecular complexity index is 50.0. The fourth-order valence-corrected chi connectivity index (χ4v) is 0.611. The smallest absolute Gasteiger partial charge is 0.136 e. The Kier molecular flexibility index (Phi) is 4.00. The topological polar surface area (TPSA) is 3.24 Å². The van der Waals surface area contributed by atoms with Crippen LogP contribution < -0.4 is 0 Å². The van der Waals surface area contributed by atoms with Crippen LogP contribution >= 0.6 is 12.2 Å². The van der Waals surface area contributed by atoms with E-state index >= 15 is 0 Å².